The summed E-state index contributed by atoms with van der Waals surface area (Å²) in [6, 6.07) is 12.9. The van der Waals surface area contributed by atoms with Crippen LogP contribution in [0.15, 0.2) is 46.9 Å². The van der Waals surface area contributed by atoms with Gasteiger partial charge in [0.2, 0.25) is 5.91 Å². The van der Waals surface area contributed by atoms with Gasteiger partial charge in [0.15, 0.2) is 0 Å². The minimum atomic E-state index is -0.751. The summed E-state index contributed by atoms with van der Waals surface area (Å²) in [7, 11) is 1.56. The van der Waals surface area contributed by atoms with E-state index < -0.39 is 5.38 Å². The molecule has 0 bridgehead atoms. The topological polar surface area (TPSA) is 38.3 Å². The maximum absolute atomic E-state index is 12.3. The summed E-state index contributed by atoms with van der Waals surface area (Å²) < 4.78 is 6.19. The lowest BCUT2D eigenvalue weighted by molar-refractivity contribution is -0.116. The molecule has 2 rings (SSSR count). The Morgan fingerprint density at radius 1 is 1.29 bits per heavy atom. The van der Waals surface area contributed by atoms with Gasteiger partial charge in [0.25, 0.3) is 0 Å². The van der Waals surface area contributed by atoms with Gasteiger partial charge in [-0.25, -0.2) is 0 Å². The summed E-state index contributed by atoms with van der Waals surface area (Å²) in [5, 5.41) is 2.09. The molecule has 0 aliphatic carbocycles. The highest BCUT2D eigenvalue weighted by atomic mass is 79.9. The number of amides is 1. The molecule has 5 heteroatoms. The van der Waals surface area contributed by atoms with Crippen LogP contribution in [-0.4, -0.2) is 13.0 Å². The number of carbonyl (C=O) groups excluding carboxylic acids is 1. The van der Waals surface area contributed by atoms with Crippen LogP contribution in [-0.2, 0) is 4.79 Å². The quantitative estimate of drug-likeness (QED) is 0.795. The third-order valence-corrected chi connectivity index (χ3v) is 3.96. The second-order valence-corrected chi connectivity index (χ2v) is 5.91. The van der Waals surface area contributed by atoms with E-state index in [0.717, 1.165) is 15.6 Å². The zero-order chi connectivity index (χ0) is 15.4. The number of alkyl halides is 1. The largest absolute Gasteiger partial charge is 0.495 e. The zero-order valence-electron chi connectivity index (χ0n) is 11.7. The average Bonchev–Trinajstić information content (AvgIpc) is 2.49. The second-order valence-electron chi connectivity index (χ2n) is 4.56. The van der Waals surface area contributed by atoms with Crippen molar-refractivity contribution in [2.75, 3.05) is 12.4 Å². The van der Waals surface area contributed by atoms with E-state index in [0.29, 0.717) is 11.4 Å². The molecular weight excluding hydrogens is 354 g/mol. The highest BCUT2D eigenvalue weighted by molar-refractivity contribution is 9.10. The molecule has 1 unspecified atom stereocenters. The van der Waals surface area contributed by atoms with Crippen molar-refractivity contribution in [1.82, 2.24) is 0 Å². The molecule has 0 aliphatic rings. The molecule has 0 fully saturated rings. The van der Waals surface area contributed by atoms with E-state index in [-0.39, 0.29) is 5.91 Å². The standard InChI is InChI=1S/C16H15BrClNO2/c1-10-8-12(17)9-13(21-2)15(10)19-16(20)14(18)11-6-4-3-5-7-11/h3-9,14H,1-2H3,(H,19,20). The first-order valence-electron chi connectivity index (χ1n) is 6.37. The van der Waals surface area contributed by atoms with Crippen LogP contribution in [0.5, 0.6) is 5.75 Å². The predicted octanol–water partition coefficient (Wildman–Crippen LogP) is 4.68. The van der Waals surface area contributed by atoms with Crippen LogP contribution in [0.25, 0.3) is 0 Å². The molecule has 0 saturated carbocycles. The van der Waals surface area contributed by atoms with Gasteiger partial charge >= 0.3 is 0 Å². The summed E-state index contributed by atoms with van der Waals surface area (Å²) in [6.07, 6.45) is 0. The van der Waals surface area contributed by atoms with Gasteiger partial charge in [0.1, 0.15) is 11.1 Å². The number of anilines is 1. The van der Waals surface area contributed by atoms with Gasteiger partial charge < -0.3 is 10.1 Å². The average molecular weight is 369 g/mol. The fourth-order valence-electron chi connectivity index (χ4n) is 1.99. The summed E-state index contributed by atoms with van der Waals surface area (Å²) in [5.74, 6) is 0.304. The number of hydrogen-bond donors (Lipinski definition) is 1. The number of carbonyl (C=O) groups is 1. The zero-order valence-corrected chi connectivity index (χ0v) is 14.0. The van der Waals surface area contributed by atoms with Gasteiger partial charge in [0.05, 0.1) is 12.8 Å². The number of methoxy groups -OCH3 is 1. The highest BCUT2D eigenvalue weighted by Gasteiger charge is 2.20. The van der Waals surface area contributed by atoms with Gasteiger partial charge in [-0.3, -0.25) is 4.79 Å². The summed E-state index contributed by atoms with van der Waals surface area (Å²) in [6.45, 7) is 1.90. The van der Waals surface area contributed by atoms with E-state index >= 15 is 0 Å². The maximum Gasteiger partial charge on any atom is 0.247 e. The molecule has 0 aromatic heterocycles. The van der Waals surface area contributed by atoms with E-state index in [4.69, 9.17) is 16.3 Å². The van der Waals surface area contributed by atoms with Crippen LogP contribution in [0.3, 0.4) is 0 Å². The Balaban J connectivity index is 2.24. The molecule has 0 spiro atoms. The van der Waals surface area contributed by atoms with E-state index in [1.54, 1.807) is 13.2 Å². The normalized spacial score (nSPS) is 11.8. The fourth-order valence-corrected chi connectivity index (χ4v) is 2.74. The molecule has 1 atom stereocenters. The van der Waals surface area contributed by atoms with Crippen molar-refractivity contribution in [3.05, 3.63) is 58.1 Å². The van der Waals surface area contributed by atoms with Crippen LogP contribution in [0.2, 0.25) is 0 Å². The Morgan fingerprint density at radius 2 is 1.95 bits per heavy atom. The third kappa shape index (κ3) is 3.77. The molecule has 1 amide bonds. The molecule has 21 heavy (non-hydrogen) atoms. The fraction of sp³-hybridized carbons (Fsp3) is 0.188. The monoisotopic (exact) mass is 367 g/mol. The first-order chi connectivity index (χ1) is 10.0. The van der Waals surface area contributed by atoms with Crippen LogP contribution >= 0.6 is 27.5 Å². The molecule has 110 valence electrons. The van der Waals surface area contributed by atoms with Crippen molar-refractivity contribution in [2.24, 2.45) is 0 Å². The number of halogens is 2. The minimum Gasteiger partial charge on any atom is -0.495 e. The number of rotatable bonds is 4. The SMILES string of the molecule is COc1cc(Br)cc(C)c1NC(=O)C(Cl)c1ccccc1. The lowest BCUT2D eigenvalue weighted by Crippen LogP contribution is -2.18. The van der Waals surface area contributed by atoms with Crippen LogP contribution in [0, 0.1) is 6.92 Å². The Bertz CT molecular complexity index is 646. The number of aryl methyl sites for hydroxylation is 1. The van der Waals surface area contributed by atoms with Gasteiger partial charge in [0, 0.05) is 4.47 Å². The van der Waals surface area contributed by atoms with E-state index in [2.05, 4.69) is 21.2 Å². The summed E-state index contributed by atoms with van der Waals surface area (Å²) in [5.41, 5.74) is 2.28. The Kier molecular flexibility index (Phi) is 5.26. The lowest BCUT2D eigenvalue weighted by Gasteiger charge is -2.16. The van der Waals surface area contributed by atoms with E-state index in [1.165, 1.54) is 0 Å². The molecule has 2 aromatic carbocycles. The first-order valence-corrected chi connectivity index (χ1v) is 7.60. The van der Waals surface area contributed by atoms with Gasteiger partial charge in [-0.05, 0) is 30.2 Å². The van der Waals surface area contributed by atoms with Crippen molar-refractivity contribution in [3.63, 3.8) is 0 Å². The predicted molar refractivity (Wildman–Crippen MR) is 89.1 cm³/mol. The molecule has 0 saturated heterocycles. The Labute approximate surface area is 137 Å². The smallest absolute Gasteiger partial charge is 0.247 e. The minimum absolute atomic E-state index is 0.286. The van der Waals surface area contributed by atoms with Crippen molar-refractivity contribution in [3.8, 4) is 5.75 Å². The summed E-state index contributed by atoms with van der Waals surface area (Å²) in [4.78, 5) is 12.3. The number of nitrogens with one attached hydrogen (secondary N) is 1. The molecular formula is C16H15BrClNO2. The highest BCUT2D eigenvalue weighted by Crippen LogP contribution is 2.33. The molecule has 0 aliphatic heterocycles. The molecule has 1 N–H and O–H groups in total. The van der Waals surface area contributed by atoms with Crippen molar-refractivity contribution in [2.45, 2.75) is 12.3 Å². The van der Waals surface area contributed by atoms with Gasteiger partial charge in [-0.2, -0.15) is 0 Å². The Hall–Kier alpha value is -1.52. The molecule has 3 nitrogen and oxygen atoms in total. The van der Waals surface area contributed by atoms with E-state index in [9.17, 15) is 4.79 Å². The van der Waals surface area contributed by atoms with E-state index in [1.807, 2.05) is 43.3 Å². The van der Waals surface area contributed by atoms with Crippen molar-refractivity contribution >= 4 is 39.1 Å². The number of benzene rings is 2. The van der Waals surface area contributed by atoms with Gasteiger partial charge in [-0.15, -0.1) is 11.6 Å². The molecule has 0 heterocycles. The molecule has 2 aromatic rings. The molecule has 0 radical (unpaired) electrons. The number of hydrogen-bond acceptors (Lipinski definition) is 2. The first kappa shape index (κ1) is 15.9. The Morgan fingerprint density at radius 3 is 2.57 bits per heavy atom. The van der Waals surface area contributed by atoms with Crippen LogP contribution in [0.4, 0.5) is 5.69 Å². The van der Waals surface area contributed by atoms with Gasteiger partial charge in [-0.1, -0.05) is 46.3 Å². The second kappa shape index (κ2) is 6.96. The van der Waals surface area contributed by atoms with Crippen molar-refractivity contribution < 1.29 is 9.53 Å². The maximum atomic E-state index is 12.3. The summed E-state index contributed by atoms with van der Waals surface area (Å²) >= 11 is 9.62. The third-order valence-electron chi connectivity index (χ3n) is 3.05. The lowest BCUT2D eigenvalue weighted by atomic mass is 10.1. The number of ether oxygens (including phenoxy) is 1. The van der Waals surface area contributed by atoms with Crippen LogP contribution in [0.1, 0.15) is 16.5 Å². The van der Waals surface area contributed by atoms with Crippen molar-refractivity contribution in [1.29, 1.82) is 0 Å². The van der Waals surface area contributed by atoms with Crippen LogP contribution < -0.4 is 10.1 Å².